The molecule has 13 heavy (non-hydrogen) atoms. The van der Waals surface area contributed by atoms with E-state index < -0.39 is 0 Å². The van der Waals surface area contributed by atoms with Crippen LogP contribution < -0.4 is 4.74 Å². The lowest BCUT2D eigenvalue weighted by molar-refractivity contribution is 0.0716. The topological polar surface area (TPSA) is 31.4 Å². The van der Waals surface area contributed by atoms with Crippen LogP contribution in [-0.2, 0) is 4.74 Å². The molecule has 0 aliphatic carbocycles. The Morgan fingerprint density at radius 1 is 1.62 bits per heavy atom. The normalized spacial score (nSPS) is 12.5. The van der Waals surface area contributed by atoms with E-state index in [1.165, 1.54) is 0 Å². The third-order valence-electron chi connectivity index (χ3n) is 1.60. The third kappa shape index (κ3) is 3.20. The number of rotatable bonds is 4. The van der Waals surface area contributed by atoms with Crippen LogP contribution in [-0.4, -0.2) is 24.8 Å². The Morgan fingerprint density at radius 3 is 3.00 bits per heavy atom. The minimum Gasteiger partial charge on any atom is -0.488 e. The second-order valence-electron chi connectivity index (χ2n) is 2.65. The van der Waals surface area contributed by atoms with Crippen molar-refractivity contribution in [2.24, 2.45) is 0 Å². The molecule has 1 heterocycles. The molecule has 0 spiro atoms. The van der Waals surface area contributed by atoms with Crippen molar-refractivity contribution in [2.75, 3.05) is 13.7 Å². The van der Waals surface area contributed by atoms with Crippen LogP contribution in [0.2, 0.25) is 5.15 Å². The standard InChI is InChI=1S/C9H12ClNO2/c1-7(12-2)6-13-8-4-3-5-11-9(8)10/h3-5,7H,6H2,1-2H3. The lowest BCUT2D eigenvalue weighted by atomic mass is 10.4. The van der Waals surface area contributed by atoms with Crippen molar-refractivity contribution in [1.29, 1.82) is 0 Å². The quantitative estimate of drug-likeness (QED) is 0.700. The number of hydrogen-bond acceptors (Lipinski definition) is 3. The predicted octanol–water partition coefficient (Wildman–Crippen LogP) is 2.15. The number of pyridine rings is 1. The number of nitrogens with zero attached hydrogens (tertiary/aromatic N) is 1. The first kappa shape index (κ1) is 10.3. The zero-order chi connectivity index (χ0) is 9.68. The predicted molar refractivity (Wildman–Crippen MR) is 51.2 cm³/mol. The summed E-state index contributed by atoms with van der Waals surface area (Å²) in [7, 11) is 1.64. The Labute approximate surface area is 82.6 Å². The number of methoxy groups -OCH3 is 1. The molecule has 0 aliphatic heterocycles. The largest absolute Gasteiger partial charge is 0.488 e. The number of aromatic nitrogens is 1. The van der Waals surface area contributed by atoms with Crippen molar-refractivity contribution < 1.29 is 9.47 Å². The van der Waals surface area contributed by atoms with Gasteiger partial charge >= 0.3 is 0 Å². The fourth-order valence-electron chi connectivity index (χ4n) is 0.754. The molecule has 1 aromatic rings. The van der Waals surface area contributed by atoms with Gasteiger partial charge in [-0.05, 0) is 19.1 Å². The monoisotopic (exact) mass is 201 g/mol. The molecule has 4 heteroatoms. The molecule has 1 aromatic heterocycles. The van der Waals surface area contributed by atoms with Gasteiger partial charge in [0.15, 0.2) is 10.9 Å². The van der Waals surface area contributed by atoms with Crippen LogP contribution in [0.3, 0.4) is 0 Å². The molecule has 1 rings (SSSR count). The summed E-state index contributed by atoms with van der Waals surface area (Å²) < 4.78 is 10.4. The molecule has 0 amide bonds. The lowest BCUT2D eigenvalue weighted by Crippen LogP contribution is -2.16. The highest BCUT2D eigenvalue weighted by Gasteiger charge is 2.04. The molecule has 72 valence electrons. The summed E-state index contributed by atoms with van der Waals surface area (Å²) in [5, 5.41) is 0.380. The summed E-state index contributed by atoms with van der Waals surface area (Å²) in [6.07, 6.45) is 1.67. The Bertz CT molecular complexity index is 268. The van der Waals surface area contributed by atoms with E-state index in [-0.39, 0.29) is 6.10 Å². The summed E-state index contributed by atoms with van der Waals surface area (Å²) >= 11 is 5.77. The first-order chi connectivity index (χ1) is 6.24. The van der Waals surface area contributed by atoms with Gasteiger partial charge in [-0.15, -0.1) is 0 Å². The van der Waals surface area contributed by atoms with Gasteiger partial charge in [0, 0.05) is 13.3 Å². The molecule has 1 atom stereocenters. The number of ether oxygens (including phenoxy) is 2. The van der Waals surface area contributed by atoms with Gasteiger partial charge in [-0.25, -0.2) is 4.98 Å². The lowest BCUT2D eigenvalue weighted by Gasteiger charge is -2.11. The molecule has 0 aromatic carbocycles. The highest BCUT2D eigenvalue weighted by Crippen LogP contribution is 2.20. The van der Waals surface area contributed by atoms with Crippen molar-refractivity contribution in [2.45, 2.75) is 13.0 Å². The van der Waals surface area contributed by atoms with Gasteiger partial charge in [-0.1, -0.05) is 11.6 Å². The van der Waals surface area contributed by atoms with Crippen LogP contribution in [0.4, 0.5) is 0 Å². The maximum absolute atomic E-state index is 5.77. The Kier molecular flexibility index (Phi) is 3.99. The molecule has 0 fully saturated rings. The van der Waals surface area contributed by atoms with Gasteiger partial charge in [0.2, 0.25) is 0 Å². The summed E-state index contributed by atoms with van der Waals surface area (Å²) in [4.78, 5) is 3.88. The van der Waals surface area contributed by atoms with Crippen LogP contribution in [0.15, 0.2) is 18.3 Å². The minimum atomic E-state index is 0.0521. The van der Waals surface area contributed by atoms with Gasteiger partial charge in [0.25, 0.3) is 0 Å². The zero-order valence-electron chi connectivity index (χ0n) is 7.66. The van der Waals surface area contributed by atoms with Crippen LogP contribution in [0.5, 0.6) is 5.75 Å². The molecular formula is C9H12ClNO2. The van der Waals surface area contributed by atoms with E-state index in [0.29, 0.717) is 17.5 Å². The molecule has 0 aliphatic rings. The van der Waals surface area contributed by atoms with Crippen molar-refractivity contribution >= 4 is 11.6 Å². The molecule has 0 radical (unpaired) electrons. The van der Waals surface area contributed by atoms with Crippen molar-refractivity contribution in [1.82, 2.24) is 4.98 Å². The molecule has 0 bridgehead atoms. The second kappa shape index (κ2) is 5.04. The first-order valence-electron chi connectivity index (χ1n) is 4.00. The maximum Gasteiger partial charge on any atom is 0.171 e. The van der Waals surface area contributed by atoms with Gasteiger partial charge in [0.1, 0.15) is 6.61 Å². The fraction of sp³-hybridized carbons (Fsp3) is 0.444. The highest BCUT2D eigenvalue weighted by atomic mass is 35.5. The second-order valence-corrected chi connectivity index (χ2v) is 3.01. The van der Waals surface area contributed by atoms with Gasteiger partial charge in [0.05, 0.1) is 6.10 Å². The molecule has 0 saturated heterocycles. The average Bonchev–Trinajstić information content (AvgIpc) is 2.16. The van der Waals surface area contributed by atoms with E-state index in [1.807, 2.05) is 6.92 Å². The summed E-state index contributed by atoms with van der Waals surface area (Å²) in [5.41, 5.74) is 0. The summed E-state index contributed by atoms with van der Waals surface area (Å²) in [5.74, 6) is 0.591. The smallest absolute Gasteiger partial charge is 0.171 e. The van der Waals surface area contributed by atoms with E-state index in [0.717, 1.165) is 0 Å². The van der Waals surface area contributed by atoms with E-state index in [1.54, 1.807) is 25.4 Å². The SMILES string of the molecule is COC(C)COc1cccnc1Cl. The Balaban J connectivity index is 2.50. The third-order valence-corrected chi connectivity index (χ3v) is 1.88. The van der Waals surface area contributed by atoms with Gasteiger partial charge < -0.3 is 9.47 Å². The van der Waals surface area contributed by atoms with Crippen LogP contribution in [0.25, 0.3) is 0 Å². The van der Waals surface area contributed by atoms with Crippen molar-refractivity contribution in [3.8, 4) is 5.75 Å². The van der Waals surface area contributed by atoms with Crippen LogP contribution in [0.1, 0.15) is 6.92 Å². The van der Waals surface area contributed by atoms with Crippen molar-refractivity contribution in [3.63, 3.8) is 0 Å². The van der Waals surface area contributed by atoms with Gasteiger partial charge in [-0.3, -0.25) is 0 Å². The van der Waals surface area contributed by atoms with Gasteiger partial charge in [-0.2, -0.15) is 0 Å². The number of hydrogen-bond donors (Lipinski definition) is 0. The number of halogens is 1. The van der Waals surface area contributed by atoms with Crippen molar-refractivity contribution in [3.05, 3.63) is 23.5 Å². The van der Waals surface area contributed by atoms with Crippen LogP contribution >= 0.6 is 11.6 Å². The Morgan fingerprint density at radius 2 is 2.38 bits per heavy atom. The molecule has 0 N–H and O–H groups in total. The summed E-state index contributed by atoms with van der Waals surface area (Å²) in [6, 6.07) is 3.55. The fourth-order valence-corrected chi connectivity index (χ4v) is 0.928. The van der Waals surface area contributed by atoms with E-state index in [4.69, 9.17) is 21.1 Å². The van der Waals surface area contributed by atoms with E-state index in [2.05, 4.69) is 4.98 Å². The molecular weight excluding hydrogens is 190 g/mol. The zero-order valence-corrected chi connectivity index (χ0v) is 8.41. The van der Waals surface area contributed by atoms with E-state index >= 15 is 0 Å². The molecule has 3 nitrogen and oxygen atoms in total. The first-order valence-corrected chi connectivity index (χ1v) is 4.38. The molecule has 0 saturated carbocycles. The molecule has 1 unspecified atom stereocenters. The van der Waals surface area contributed by atoms with Crippen LogP contribution in [0, 0.1) is 0 Å². The average molecular weight is 202 g/mol. The summed E-state index contributed by atoms with van der Waals surface area (Å²) in [6.45, 7) is 2.40. The minimum absolute atomic E-state index is 0.0521. The Hall–Kier alpha value is -0.800. The maximum atomic E-state index is 5.77. The highest BCUT2D eigenvalue weighted by molar-refractivity contribution is 6.30. The van der Waals surface area contributed by atoms with E-state index in [9.17, 15) is 0 Å².